The van der Waals surface area contributed by atoms with Crippen molar-refractivity contribution in [2.75, 3.05) is 19.7 Å². The molecule has 3 aromatic carbocycles. The van der Waals surface area contributed by atoms with Crippen LogP contribution in [-0.2, 0) is 25.7 Å². The van der Waals surface area contributed by atoms with Crippen LogP contribution in [0, 0.1) is 5.92 Å². The number of amides is 2. The van der Waals surface area contributed by atoms with Crippen molar-refractivity contribution >= 4 is 18.0 Å². The Morgan fingerprint density at radius 3 is 2.23 bits per heavy atom. The summed E-state index contributed by atoms with van der Waals surface area (Å²) in [7, 11) is 0. The zero-order valence-corrected chi connectivity index (χ0v) is 22.5. The Morgan fingerprint density at radius 2 is 1.57 bits per heavy atom. The number of alkyl carbamates (subject to hydrolysis) is 1. The van der Waals surface area contributed by atoms with E-state index < -0.39 is 30.1 Å². The second-order valence-electron chi connectivity index (χ2n) is 10.4. The number of hydrogen-bond acceptors (Lipinski definition) is 5. The van der Waals surface area contributed by atoms with Gasteiger partial charge in [0.2, 0.25) is 5.91 Å². The fourth-order valence-electron chi connectivity index (χ4n) is 5.62. The van der Waals surface area contributed by atoms with Crippen molar-refractivity contribution < 1.29 is 29.0 Å². The molecule has 1 unspecified atom stereocenters. The van der Waals surface area contributed by atoms with Crippen molar-refractivity contribution in [1.29, 1.82) is 0 Å². The molecule has 0 bridgehead atoms. The van der Waals surface area contributed by atoms with Crippen molar-refractivity contribution in [3.05, 3.63) is 95.6 Å². The number of hydrogen-bond donors (Lipinski definition) is 2. The largest absolute Gasteiger partial charge is 0.481 e. The summed E-state index contributed by atoms with van der Waals surface area (Å²) in [5.41, 5.74) is 5.38. The van der Waals surface area contributed by atoms with Gasteiger partial charge in [-0.05, 0) is 47.6 Å². The van der Waals surface area contributed by atoms with E-state index in [-0.39, 0.29) is 31.6 Å². The molecule has 0 saturated carbocycles. The summed E-state index contributed by atoms with van der Waals surface area (Å²) in [4.78, 5) is 39.9. The van der Waals surface area contributed by atoms with Gasteiger partial charge in [0.15, 0.2) is 0 Å². The molecule has 1 aliphatic carbocycles. The topological polar surface area (TPSA) is 105 Å². The number of carboxylic acid groups (broad SMARTS) is 1. The van der Waals surface area contributed by atoms with Gasteiger partial charge in [0.05, 0.1) is 18.6 Å². The fraction of sp³-hybridized carbons (Fsp3) is 0.344. The average molecular weight is 543 g/mol. The Labute approximate surface area is 233 Å². The van der Waals surface area contributed by atoms with Crippen LogP contribution in [0.5, 0.6) is 0 Å². The molecule has 3 aromatic rings. The summed E-state index contributed by atoms with van der Waals surface area (Å²) in [5.74, 6) is -2.04. The number of rotatable bonds is 9. The molecule has 40 heavy (non-hydrogen) atoms. The third-order valence-electron chi connectivity index (χ3n) is 7.79. The van der Waals surface area contributed by atoms with Gasteiger partial charge in [-0.3, -0.25) is 9.59 Å². The van der Waals surface area contributed by atoms with Gasteiger partial charge in [0, 0.05) is 19.0 Å². The number of aliphatic carboxylic acids is 1. The molecule has 8 nitrogen and oxygen atoms in total. The van der Waals surface area contributed by atoms with Crippen LogP contribution in [-0.4, -0.2) is 59.8 Å². The lowest BCUT2D eigenvalue weighted by Gasteiger charge is -2.35. The number of carbonyl (C=O) groups is 3. The van der Waals surface area contributed by atoms with Gasteiger partial charge >= 0.3 is 12.1 Å². The maximum atomic E-state index is 13.6. The predicted octanol–water partition coefficient (Wildman–Crippen LogP) is 4.82. The van der Waals surface area contributed by atoms with Crippen LogP contribution < -0.4 is 5.32 Å². The van der Waals surface area contributed by atoms with Gasteiger partial charge in [0.1, 0.15) is 12.6 Å². The number of nitrogens with one attached hydrogen (secondary N) is 1. The number of fused-ring (bicyclic) bond motifs is 3. The van der Waals surface area contributed by atoms with Crippen LogP contribution >= 0.6 is 0 Å². The highest BCUT2D eigenvalue weighted by molar-refractivity contribution is 5.87. The molecule has 8 heteroatoms. The lowest BCUT2D eigenvalue weighted by molar-refractivity contribution is -0.147. The van der Waals surface area contributed by atoms with Crippen LogP contribution in [0.25, 0.3) is 11.1 Å². The van der Waals surface area contributed by atoms with Gasteiger partial charge in [0.25, 0.3) is 0 Å². The highest BCUT2D eigenvalue weighted by atomic mass is 16.5. The fourth-order valence-corrected chi connectivity index (χ4v) is 5.62. The van der Waals surface area contributed by atoms with Crippen LogP contribution in [0.15, 0.2) is 78.9 Å². The van der Waals surface area contributed by atoms with E-state index >= 15 is 0 Å². The van der Waals surface area contributed by atoms with Gasteiger partial charge in [-0.15, -0.1) is 0 Å². The number of likely N-dealkylation sites (tertiary alicyclic amines) is 1. The maximum absolute atomic E-state index is 13.6. The Bertz CT molecular complexity index is 1310. The van der Waals surface area contributed by atoms with Gasteiger partial charge in [-0.1, -0.05) is 78.9 Å². The van der Waals surface area contributed by atoms with Crippen molar-refractivity contribution in [2.45, 2.75) is 44.4 Å². The Morgan fingerprint density at radius 1 is 0.950 bits per heavy atom. The highest BCUT2D eigenvalue weighted by Gasteiger charge is 2.36. The lowest BCUT2D eigenvalue weighted by Crippen LogP contribution is -2.56. The van der Waals surface area contributed by atoms with E-state index in [0.29, 0.717) is 19.4 Å². The summed E-state index contributed by atoms with van der Waals surface area (Å²) in [6.07, 6.45) is -0.302. The molecule has 1 aliphatic heterocycles. The number of nitrogens with zero attached hydrogens (tertiary/aromatic N) is 1. The molecular weight excluding hydrogens is 508 g/mol. The molecule has 5 rings (SSSR count). The zero-order chi connectivity index (χ0) is 28.1. The van der Waals surface area contributed by atoms with Crippen LogP contribution in [0.3, 0.4) is 0 Å². The summed E-state index contributed by atoms with van der Waals surface area (Å²) in [6.45, 7) is 2.63. The molecule has 0 aromatic heterocycles. The Balaban J connectivity index is 1.28. The molecular formula is C32H34N2O6. The minimum atomic E-state index is -1.04. The number of piperidine rings is 1. The smallest absolute Gasteiger partial charge is 0.407 e. The molecule has 0 radical (unpaired) electrons. The summed E-state index contributed by atoms with van der Waals surface area (Å²) < 4.78 is 11.7. The number of ether oxygens (including phenoxy) is 2. The zero-order valence-electron chi connectivity index (χ0n) is 22.5. The standard InChI is InChI=1S/C32H34N2O6/c1-21(39-19-22-10-3-2-4-11-22)29(30(35)34-17-9-12-23(18-34)31(36)37)33-32(38)40-20-28-26-15-7-5-13-24(26)25-14-6-8-16-27(25)28/h2-8,10-11,13-16,21,23,28-29H,9,12,17-20H2,1H3,(H,33,38)(H,36,37)/t21-,23?,29+/m0/s1. The number of carboxylic acids is 1. The molecule has 208 valence electrons. The van der Waals surface area contributed by atoms with Crippen molar-refractivity contribution in [3.8, 4) is 11.1 Å². The summed E-state index contributed by atoms with van der Waals surface area (Å²) in [6, 6.07) is 24.7. The summed E-state index contributed by atoms with van der Waals surface area (Å²) in [5, 5.41) is 12.2. The van der Waals surface area contributed by atoms with E-state index in [0.717, 1.165) is 27.8 Å². The first kappa shape index (κ1) is 27.4. The molecule has 2 aliphatic rings. The van der Waals surface area contributed by atoms with Crippen molar-refractivity contribution in [1.82, 2.24) is 10.2 Å². The molecule has 1 fully saturated rings. The molecule has 2 amide bonds. The Hall–Kier alpha value is -4.17. The molecule has 0 spiro atoms. The molecule has 2 N–H and O–H groups in total. The minimum Gasteiger partial charge on any atom is -0.481 e. The molecule has 3 atom stereocenters. The normalized spacial score (nSPS) is 17.8. The minimum absolute atomic E-state index is 0.0996. The maximum Gasteiger partial charge on any atom is 0.407 e. The Kier molecular flexibility index (Phi) is 8.45. The van der Waals surface area contributed by atoms with Crippen LogP contribution in [0.4, 0.5) is 4.79 Å². The van der Waals surface area contributed by atoms with Gasteiger partial charge < -0.3 is 24.8 Å². The van der Waals surface area contributed by atoms with Crippen molar-refractivity contribution in [3.63, 3.8) is 0 Å². The second kappa shape index (κ2) is 12.3. The van der Waals surface area contributed by atoms with Crippen LogP contribution in [0.2, 0.25) is 0 Å². The SMILES string of the molecule is C[C@H](OCc1ccccc1)[C@@H](NC(=O)OCC1c2ccccc2-c2ccccc21)C(=O)N1CCCC(C(=O)O)C1. The highest BCUT2D eigenvalue weighted by Crippen LogP contribution is 2.44. The van der Waals surface area contributed by atoms with Crippen molar-refractivity contribution in [2.24, 2.45) is 5.92 Å². The molecule has 1 heterocycles. The first-order valence-corrected chi connectivity index (χ1v) is 13.7. The number of carbonyl (C=O) groups excluding carboxylic acids is 2. The van der Waals surface area contributed by atoms with E-state index in [9.17, 15) is 19.5 Å². The third-order valence-corrected chi connectivity index (χ3v) is 7.79. The lowest BCUT2D eigenvalue weighted by atomic mass is 9.97. The monoisotopic (exact) mass is 542 g/mol. The predicted molar refractivity (Wildman–Crippen MR) is 150 cm³/mol. The second-order valence-corrected chi connectivity index (χ2v) is 10.4. The number of benzene rings is 3. The van der Waals surface area contributed by atoms with Crippen LogP contribution in [0.1, 0.15) is 42.4 Å². The average Bonchev–Trinajstić information content (AvgIpc) is 3.31. The van der Waals surface area contributed by atoms with Gasteiger partial charge in [-0.25, -0.2) is 4.79 Å². The molecule has 1 saturated heterocycles. The van der Waals surface area contributed by atoms with E-state index in [1.165, 1.54) is 4.90 Å². The quantitative estimate of drug-likeness (QED) is 0.402. The third kappa shape index (κ3) is 6.02. The van der Waals surface area contributed by atoms with E-state index in [2.05, 4.69) is 17.4 Å². The van der Waals surface area contributed by atoms with E-state index in [1.807, 2.05) is 66.7 Å². The van der Waals surface area contributed by atoms with E-state index in [4.69, 9.17) is 9.47 Å². The summed E-state index contributed by atoms with van der Waals surface area (Å²) >= 11 is 0. The van der Waals surface area contributed by atoms with Gasteiger partial charge in [-0.2, -0.15) is 0 Å². The first-order chi connectivity index (χ1) is 19.4. The van der Waals surface area contributed by atoms with E-state index in [1.54, 1.807) is 6.92 Å². The first-order valence-electron chi connectivity index (χ1n) is 13.7.